The maximum Gasteiger partial charge on any atom is 0.416 e. The van der Waals surface area contributed by atoms with Crippen molar-refractivity contribution in [2.24, 2.45) is 5.16 Å². The zero-order valence-corrected chi connectivity index (χ0v) is 16.1. The normalized spacial score (nSPS) is 11.9. The standard InChI is InChI=1S/C17H10Cl2F3N3O2S/c18-11-3-1-9(5-12(11)19)7-23-27-8-15(26)25-16-24-13-4-2-10(17(20,21)22)6-14(13)28-16/h1-7H,8H2,(H,24,25,26)/b23-7+. The van der Waals surface area contributed by atoms with Crippen LogP contribution in [0.1, 0.15) is 11.1 Å². The third kappa shape index (κ3) is 5.12. The summed E-state index contributed by atoms with van der Waals surface area (Å²) < 4.78 is 38.5. The van der Waals surface area contributed by atoms with Crippen molar-refractivity contribution in [2.45, 2.75) is 6.18 Å². The molecule has 0 unspecified atom stereocenters. The van der Waals surface area contributed by atoms with E-state index in [-0.39, 0.29) is 5.13 Å². The molecular formula is C17H10Cl2F3N3O2S. The summed E-state index contributed by atoms with van der Waals surface area (Å²) in [4.78, 5) is 20.8. The number of rotatable bonds is 5. The van der Waals surface area contributed by atoms with Crippen molar-refractivity contribution in [2.75, 3.05) is 11.9 Å². The summed E-state index contributed by atoms with van der Waals surface area (Å²) in [5, 5.41) is 7.02. The number of amides is 1. The average molecular weight is 448 g/mol. The Morgan fingerprint density at radius 2 is 2.00 bits per heavy atom. The highest BCUT2D eigenvalue weighted by atomic mass is 35.5. The molecule has 146 valence electrons. The molecule has 3 aromatic rings. The van der Waals surface area contributed by atoms with E-state index in [9.17, 15) is 18.0 Å². The molecule has 3 rings (SSSR count). The average Bonchev–Trinajstić information content (AvgIpc) is 3.02. The first-order valence-corrected chi connectivity index (χ1v) is 9.17. The third-order valence-corrected chi connectivity index (χ3v) is 5.05. The smallest absolute Gasteiger partial charge is 0.386 e. The van der Waals surface area contributed by atoms with Crippen LogP contribution in [-0.4, -0.2) is 23.7 Å². The van der Waals surface area contributed by atoms with Crippen LogP contribution in [0.15, 0.2) is 41.6 Å². The number of hydrogen-bond acceptors (Lipinski definition) is 5. The van der Waals surface area contributed by atoms with Crippen LogP contribution >= 0.6 is 34.5 Å². The van der Waals surface area contributed by atoms with Gasteiger partial charge in [-0.2, -0.15) is 13.2 Å². The van der Waals surface area contributed by atoms with Crippen LogP contribution < -0.4 is 5.32 Å². The fraction of sp³-hybridized carbons (Fsp3) is 0.118. The van der Waals surface area contributed by atoms with Gasteiger partial charge in [0.15, 0.2) is 11.7 Å². The fourth-order valence-corrected chi connectivity index (χ4v) is 3.32. The summed E-state index contributed by atoms with van der Waals surface area (Å²) in [7, 11) is 0. The van der Waals surface area contributed by atoms with Crippen LogP contribution in [-0.2, 0) is 15.8 Å². The van der Waals surface area contributed by atoms with Crippen molar-refractivity contribution in [3.63, 3.8) is 0 Å². The molecule has 0 radical (unpaired) electrons. The number of anilines is 1. The number of oxime groups is 1. The number of alkyl halides is 3. The Morgan fingerprint density at radius 3 is 2.71 bits per heavy atom. The van der Waals surface area contributed by atoms with Gasteiger partial charge in [-0.05, 0) is 35.9 Å². The number of nitrogens with one attached hydrogen (secondary N) is 1. The maximum absolute atomic E-state index is 12.7. The summed E-state index contributed by atoms with van der Waals surface area (Å²) in [5.41, 5.74) is 0.204. The molecule has 1 aromatic heterocycles. The summed E-state index contributed by atoms with van der Waals surface area (Å²) in [5.74, 6) is -0.554. The largest absolute Gasteiger partial charge is 0.416 e. The Morgan fingerprint density at radius 1 is 1.21 bits per heavy atom. The lowest BCUT2D eigenvalue weighted by Crippen LogP contribution is -2.16. The van der Waals surface area contributed by atoms with Gasteiger partial charge in [0.1, 0.15) is 0 Å². The predicted molar refractivity (Wildman–Crippen MR) is 103 cm³/mol. The summed E-state index contributed by atoms with van der Waals surface area (Å²) >= 11 is 12.6. The van der Waals surface area contributed by atoms with Gasteiger partial charge in [0.2, 0.25) is 0 Å². The zero-order valence-electron chi connectivity index (χ0n) is 13.8. The minimum Gasteiger partial charge on any atom is -0.386 e. The summed E-state index contributed by atoms with van der Waals surface area (Å²) in [6.45, 7) is -0.401. The minimum atomic E-state index is -4.44. The van der Waals surface area contributed by atoms with E-state index in [2.05, 4.69) is 15.5 Å². The van der Waals surface area contributed by atoms with E-state index in [4.69, 9.17) is 28.0 Å². The monoisotopic (exact) mass is 447 g/mol. The lowest BCUT2D eigenvalue weighted by atomic mass is 10.2. The lowest BCUT2D eigenvalue weighted by molar-refractivity contribution is -0.137. The minimum absolute atomic E-state index is 0.163. The van der Waals surface area contributed by atoms with Gasteiger partial charge in [0.25, 0.3) is 5.91 Å². The molecule has 0 aliphatic rings. The molecular weight excluding hydrogens is 438 g/mol. The highest BCUT2D eigenvalue weighted by Gasteiger charge is 2.30. The van der Waals surface area contributed by atoms with Gasteiger partial charge in [0, 0.05) is 0 Å². The lowest BCUT2D eigenvalue weighted by Gasteiger charge is -2.04. The molecule has 11 heteroatoms. The van der Waals surface area contributed by atoms with Crippen molar-refractivity contribution in [1.29, 1.82) is 0 Å². The van der Waals surface area contributed by atoms with Crippen LogP contribution in [0.2, 0.25) is 10.0 Å². The Kier molecular flexibility index (Phi) is 6.07. The first kappa shape index (κ1) is 20.4. The summed E-state index contributed by atoms with van der Waals surface area (Å²) in [6.07, 6.45) is -3.09. The van der Waals surface area contributed by atoms with Crippen LogP contribution in [0.5, 0.6) is 0 Å². The molecule has 28 heavy (non-hydrogen) atoms. The highest BCUT2D eigenvalue weighted by Crippen LogP contribution is 2.34. The molecule has 0 atom stereocenters. The van der Waals surface area contributed by atoms with Crippen molar-refractivity contribution in [3.05, 3.63) is 57.6 Å². The van der Waals surface area contributed by atoms with E-state index in [1.807, 2.05) is 0 Å². The topological polar surface area (TPSA) is 63.6 Å². The number of halogens is 5. The molecule has 0 saturated heterocycles. The number of nitrogens with zero attached hydrogens (tertiary/aromatic N) is 2. The fourth-order valence-electron chi connectivity index (χ4n) is 2.10. The number of carbonyl (C=O) groups is 1. The maximum atomic E-state index is 12.7. The van der Waals surface area contributed by atoms with Crippen LogP contribution in [0, 0.1) is 0 Å². The van der Waals surface area contributed by atoms with Crippen molar-refractivity contribution < 1.29 is 22.8 Å². The second kappa shape index (κ2) is 8.34. The van der Waals surface area contributed by atoms with Gasteiger partial charge in [-0.25, -0.2) is 4.98 Å². The first-order valence-electron chi connectivity index (χ1n) is 7.60. The molecule has 2 aromatic carbocycles. The predicted octanol–water partition coefficient (Wildman–Crippen LogP) is 5.61. The van der Waals surface area contributed by atoms with Gasteiger partial charge < -0.3 is 4.84 Å². The number of thiazole rings is 1. The van der Waals surface area contributed by atoms with E-state index in [0.29, 0.717) is 25.8 Å². The third-order valence-electron chi connectivity index (χ3n) is 3.38. The molecule has 1 heterocycles. The quantitative estimate of drug-likeness (QED) is 0.408. The van der Waals surface area contributed by atoms with E-state index in [1.54, 1.807) is 18.2 Å². The molecule has 0 bridgehead atoms. The molecule has 0 saturated carbocycles. The molecule has 0 spiro atoms. The number of aromatic nitrogens is 1. The van der Waals surface area contributed by atoms with Gasteiger partial charge in [-0.1, -0.05) is 45.8 Å². The van der Waals surface area contributed by atoms with E-state index >= 15 is 0 Å². The first-order chi connectivity index (χ1) is 13.2. The van der Waals surface area contributed by atoms with E-state index in [1.165, 1.54) is 12.3 Å². The van der Waals surface area contributed by atoms with Crippen LogP contribution in [0.25, 0.3) is 10.2 Å². The number of carbonyl (C=O) groups excluding carboxylic acids is 1. The van der Waals surface area contributed by atoms with Crippen molar-refractivity contribution >= 4 is 62.0 Å². The second-order valence-electron chi connectivity index (χ2n) is 5.43. The van der Waals surface area contributed by atoms with Crippen LogP contribution in [0.3, 0.4) is 0 Å². The van der Waals surface area contributed by atoms with Gasteiger partial charge in [0.05, 0.1) is 32.0 Å². The Balaban J connectivity index is 1.57. The van der Waals surface area contributed by atoms with Crippen molar-refractivity contribution in [1.82, 2.24) is 4.98 Å². The Bertz CT molecular complexity index is 1050. The Hall–Kier alpha value is -2.36. The molecule has 0 aliphatic carbocycles. The zero-order chi connectivity index (χ0) is 20.3. The molecule has 1 amide bonds. The molecule has 1 N–H and O–H groups in total. The highest BCUT2D eigenvalue weighted by molar-refractivity contribution is 7.22. The van der Waals surface area contributed by atoms with E-state index < -0.39 is 24.3 Å². The SMILES string of the molecule is O=C(CO/N=C/c1ccc(Cl)c(Cl)c1)Nc1nc2ccc(C(F)(F)F)cc2s1. The van der Waals surface area contributed by atoms with Gasteiger partial charge >= 0.3 is 6.18 Å². The molecule has 5 nitrogen and oxygen atoms in total. The van der Waals surface area contributed by atoms with Gasteiger partial charge in [-0.15, -0.1) is 0 Å². The summed E-state index contributed by atoms with van der Waals surface area (Å²) in [6, 6.07) is 8.01. The second-order valence-corrected chi connectivity index (χ2v) is 7.27. The van der Waals surface area contributed by atoms with E-state index in [0.717, 1.165) is 23.5 Å². The number of benzene rings is 2. The van der Waals surface area contributed by atoms with Crippen molar-refractivity contribution in [3.8, 4) is 0 Å². The Labute approximate surface area is 170 Å². The van der Waals surface area contributed by atoms with Gasteiger partial charge in [-0.3, -0.25) is 10.1 Å². The number of hydrogen-bond donors (Lipinski definition) is 1. The van der Waals surface area contributed by atoms with Crippen LogP contribution in [0.4, 0.5) is 18.3 Å². The molecule has 0 fully saturated rings. The molecule has 0 aliphatic heterocycles. The number of fused-ring (bicyclic) bond motifs is 1.